The molecule has 0 saturated carbocycles. The van der Waals surface area contributed by atoms with Crippen LogP contribution in [0.25, 0.3) is 22.2 Å². The lowest BCUT2D eigenvalue weighted by molar-refractivity contribution is 0.102. The zero-order chi connectivity index (χ0) is 22.8. The fourth-order valence-electron chi connectivity index (χ4n) is 4.21. The van der Waals surface area contributed by atoms with Gasteiger partial charge in [0.05, 0.1) is 24.4 Å². The number of amides is 1. The summed E-state index contributed by atoms with van der Waals surface area (Å²) in [5.74, 6) is -0.116. The van der Waals surface area contributed by atoms with E-state index in [1.165, 1.54) is 5.56 Å². The van der Waals surface area contributed by atoms with Crippen LogP contribution >= 0.6 is 0 Å². The molecule has 5 heteroatoms. The van der Waals surface area contributed by atoms with Gasteiger partial charge in [-0.05, 0) is 50.2 Å². The van der Waals surface area contributed by atoms with Crippen molar-refractivity contribution in [2.45, 2.75) is 13.8 Å². The van der Waals surface area contributed by atoms with Crippen molar-refractivity contribution in [3.05, 3.63) is 89.5 Å². The van der Waals surface area contributed by atoms with E-state index in [2.05, 4.69) is 47.5 Å². The van der Waals surface area contributed by atoms with E-state index in [9.17, 15) is 4.79 Å². The van der Waals surface area contributed by atoms with E-state index in [1.54, 1.807) is 0 Å². The summed E-state index contributed by atoms with van der Waals surface area (Å²) in [5.41, 5.74) is 7.75. The second-order valence-electron chi connectivity index (χ2n) is 8.55. The highest BCUT2D eigenvalue weighted by molar-refractivity contribution is 6.06. The van der Waals surface area contributed by atoms with Gasteiger partial charge in [-0.1, -0.05) is 47.5 Å². The molecule has 1 aromatic heterocycles. The Balaban J connectivity index is 1.55. The fourth-order valence-corrected chi connectivity index (χ4v) is 4.21. The molecule has 1 fully saturated rings. The van der Waals surface area contributed by atoms with Gasteiger partial charge in [-0.25, -0.2) is 4.98 Å². The minimum atomic E-state index is -0.116. The van der Waals surface area contributed by atoms with Gasteiger partial charge in [0.25, 0.3) is 5.91 Å². The van der Waals surface area contributed by atoms with Gasteiger partial charge in [-0.15, -0.1) is 0 Å². The smallest absolute Gasteiger partial charge is 0.255 e. The zero-order valence-electron chi connectivity index (χ0n) is 19.0. The molecule has 166 valence electrons. The lowest BCUT2D eigenvalue weighted by Crippen LogP contribution is -2.36. The largest absolute Gasteiger partial charge is 0.378 e. The van der Waals surface area contributed by atoms with Crippen LogP contribution in [0.1, 0.15) is 21.5 Å². The maximum atomic E-state index is 12.8. The normalized spacial score (nSPS) is 13.8. The zero-order valence-corrected chi connectivity index (χ0v) is 19.0. The van der Waals surface area contributed by atoms with Gasteiger partial charge in [0.2, 0.25) is 0 Å². The highest BCUT2D eigenvalue weighted by Gasteiger charge is 2.17. The molecule has 0 radical (unpaired) electrons. The van der Waals surface area contributed by atoms with Crippen molar-refractivity contribution in [3.8, 4) is 11.3 Å². The second-order valence-corrected chi connectivity index (χ2v) is 8.55. The van der Waals surface area contributed by atoms with Crippen LogP contribution in [0.15, 0.2) is 72.8 Å². The number of morpholine rings is 1. The van der Waals surface area contributed by atoms with E-state index in [0.717, 1.165) is 52.2 Å². The Kier molecular flexibility index (Phi) is 5.80. The van der Waals surface area contributed by atoms with E-state index in [1.807, 2.05) is 49.4 Å². The van der Waals surface area contributed by atoms with Crippen LogP contribution in [0.3, 0.4) is 0 Å². The second kappa shape index (κ2) is 9.04. The number of aromatic nitrogens is 1. The maximum absolute atomic E-state index is 12.8. The van der Waals surface area contributed by atoms with Gasteiger partial charge < -0.3 is 15.0 Å². The first-order valence-corrected chi connectivity index (χ1v) is 11.3. The van der Waals surface area contributed by atoms with E-state index in [4.69, 9.17) is 9.72 Å². The van der Waals surface area contributed by atoms with Crippen LogP contribution in [0.2, 0.25) is 0 Å². The Morgan fingerprint density at radius 1 is 0.909 bits per heavy atom. The van der Waals surface area contributed by atoms with Gasteiger partial charge in [0.1, 0.15) is 0 Å². The number of aryl methyl sites for hydroxylation is 2. The van der Waals surface area contributed by atoms with Crippen molar-refractivity contribution in [3.63, 3.8) is 0 Å². The molecule has 5 nitrogen and oxygen atoms in total. The molecule has 1 N–H and O–H groups in total. The van der Waals surface area contributed by atoms with Crippen LogP contribution in [0, 0.1) is 13.8 Å². The third-order valence-electron chi connectivity index (χ3n) is 6.02. The number of hydrogen-bond acceptors (Lipinski definition) is 4. The van der Waals surface area contributed by atoms with E-state index in [0.29, 0.717) is 18.8 Å². The SMILES string of the molecule is Cc1ccc(-c2cc(N3CCOCC3)c3cc(NC(=O)c4cccc(C)c4)ccc3n2)cc1. The number of fused-ring (bicyclic) bond motifs is 1. The molecular formula is C28H27N3O2. The highest BCUT2D eigenvalue weighted by Crippen LogP contribution is 2.33. The molecular weight excluding hydrogens is 410 g/mol. The molecule has 1 saturated heterocycles. The molecule has 5 rings (SSSR count). The van der Waals surface area contributed by atoms with Gasteiger partial charge in [-0.2, -0.15) is 0 Å². The Labute approximate surface area is 194 Å². The van der Waals surface area contributed by atoms with Crippen LogP contribution in [0.5, 0.6) is 0 Å². The molecule has 1 aliphatic heterocycles. The maximum Gasteiger partial charge on any atom is 0.255 e. The number of hydrogen-bond donors (Lipinski definition) is 1. The Hall–Kier alpha value is -3.70. The van der Waals surface area contributed by atoms with Crippen molar-refractivity contribution in [2.75, 3.05) is 36.5 Å². The first-order chi connectivity index (χ1) is 16.1. The fraction of sp³-hybridized carbons (Fsp3) is 0.214. The molecule has 1 amide bonds. The van der Waals surface area contributed by atoms with Gasteiger partial charge in [0.15, 0.2) is 0 Å². The lowest BCUT2D eigenvalue weighted by Gasteiger charge is -2.30. The molecule has 0 atom stereocenters. The molecule has 0 aliphatic carbocycles. The van der Waals surface area contributed by atoms with Crippen LogP contribution < -0.4 is 10.2 Å². The summed E-state index contributed by atoms with van der Waals surface area (Å²) < 4.78 is 5.58. The monoisotopic (exact) mass is 437 g/mol. The molecule has 0 unspecified atom stereocenters. The van der Waals surface area contributed by atoms with Crippen molar-refractivity contribution >= 4 is 28.2 Å². The minimum absolute atomic E-state index is 0.116. The minimum Gasteiger partial charge on any atom is -0.378 e. The van der Waals surface area contributed by atoms with E-state index in [-0.39, 0.29) is 5.91 Å². The number of carbonyl (C=O) groups is 1. The highest BCUT2D eigenvalue weighted by atomic mass is 16.5. The average molecular weight is 438 g/mol. The molecule has 0 spiro atoms. The van der Waals surface area contributed by atoms with Gasteiger partial charge in [-0.3, -0.25) is 4.79 Å². The number of nitrogens with zero attached hydrogens (tertiary/aromatic N) is 2. The summed E-state index contributed by atoms with van der Waals surface area (Å²) >= 11 is 0. The summed E-state index contributed by atoms with van der Waals surface area (Å²) in [6, 6.07) is 24.2. The van der Waals surface area contributed by atoms with Crippen LogP contribution in [-0.2, 0) is 4.74 Å². The third-order valence-corrected chi connectivity index (χ3v) is 6.02. The average Bonchev–Trinajstić information content (AvgIpc) is 2.84. The predicted octanol–water partition coefficient (Wildman–Crippen LogP) is 5.61. The van der Waals surface area contributed by atoms with Crippen molar-refractivity contribution in [1.29, 1.82) is 0 Å². The molecule has 4 aromatic rings. The summed E-state index contributed by atoms with van der Waals surface area (Å²) in [5, 5.41) is 4.07. The van der Waals surface area contributed by atoms with Crippen LogP contribution in [0.4, 0.5) is 11.4 Å². The number of nitrogens with one attached hydrogen (secondary N) is 1. The molecule has 1 aliphatic rings. The first kappa shape index (κ1) is 21.2. The quantitative estimate of drug-likeness (QED) is 0.451. The van der Waals surface area contributed by atoms with Crippen molar-refractivity contribution < 1.29 is 9.53 Å². The molecule has 0 bridgehead atoms. The lowest BCUT2D eigenvalue weighted by atomic mass is 10.0. The summed E-state index contributed by atoms with van der Waals surface area (Å²) in [7, 11) is 0. The Morgan fingerprint density at radius 3 is 2.45 bits per heavy atom. The number of ether oxygens (including phenoxy) is 1. The Bertz CT molecular complexity index is 1310. The molecule has 3 aromatic carbocycles. The number of rotatable bonds is 4. The molecule has 33 heavy (non-hydrogen) atoms. The summed E-state index contributed by atoms with van der Waals surface area (Å²) in [4.78, 5) is 20.1. The number of benzene rings is 3. The van der Waals surface area contributed by atoms with Crippen molar-refractivity contribution in [1.82, 2.24) is 4.98 Å². The third kappa shape index (κ3) is 4.59. The van der Waals surface area contributed by atoms with E-state index >= 15 is 0 Å². The summed E-state index contributed by atoms with van der Waals surface area (Å²) in [6.07, 6.45) is 0. The number of pyridine rings is 1. The Morgan fingerprint density at radius 2 is 1.70 bits per heavy atom. The van der Waals surface area contributed by atoms with E-state index < -0.39 is 0 Å². The topological polar surface area (TPSA) is 54.5 Å². The number of carbonyl (C=O) groups excluding carboxylic acids is 1. The van der Waals surface area contributed by atoms with Crippen molar-refractivity contribution in [2.24, 2.45) is 0 Å². The summed E-state index contributed by atoms with van der Waals surface area (Å²) in [6.45, 7) is 7.13. The molecule has 2 heterocycles. The number of anilines is 2. The van der Waals surface area contributed by atoms with Gasteiger partial charge in [0, 0.05) is 41.0 Å². The van der Waals surface area contributed by atoms with Crippen LogP contribution in [-0.4, -0.2) is 37.2 Å². The van der Waals surface area contributed by atoms with Gasteiger partial charge >= 0.3 is 0 Å². The first-order valence-electron chi connectivity index (χ1n) is 11.3. The predicted molar refractivity (Wildman–Crippen MR) is 134 cm³/mol. The standard InChI is InChI=1S/C28H27N3O2/c1-19-6-8-21(9-7-19)26-18-27(31-12-14-33-15-13-31)24-17-23(10-11-25(24)30-26)29-28(32)22-5-3-4-20(2)16-22/h3-11,16-18H,12-15H2,1-2H3,(H,29,32).